The number of likely N-dealkylation sites (tertiary alicyclic amines) is 1. The van der Waals surface area contributed by atoms with Gasteiger partial charge in [0.05, 0.1) is 16.3 Å². The van der Waals surface area contributed by atoms with Crippen LogP contribution in [0.3, 0.4) is 0 Å². The minimum atomic E-state index is -0.479. The van der Waals surface area contributed by atoms with Crippen molar-refractivity contribution >= 4 is 28.6 Å². The molecule has 7 heteroatoms. The van der Waals surface area contributed by atoms with E-state index in [1.165, 1.54) is 15.8 Å². The number of carbonyl (C=O) groups excluding carboxylic acids is 1. The summed E-state index contributed by atoms with van der Waals surface area (Å²) >= 11 is 1.72. The lowest BCUT2D eigenvalue weighted by Gasteiger charge is -2.20. The SMILES string of the molecule is O=C(C[NH+]1CCC[C@@H]1c1cccs1)Nc1ccccc1[N+](=O)[O-]. The van der Waals surface area contributed by atoms with E-state index in [0.717, 1.165) is 19.4 Å². The van der Waals surface area contributed by atoms with Crippen molar-refractivity contribution in [2.45, 2.75) is 18.9 Å². The van der Waals surface area contributed by atoms with Gasteiger partial charge in [-0.2, -0.15) is 0 Å². The van der Waals surface area contributed by atoms with Gasteiger partial charge in [-0.3, -0.25) is 14.9 Å². The van der Waals surface area contributed by atoms with E-state index >= 15 is 0 Å². The molecule has 1 aromatic carbocycles. The number of nitro groups is 1. The molecule has 2 atom stereocenters. The van der Waals surface area contributed by atoms with Crippen LogP contribution >= 0.6 is 11.3 Å². The van der Waals surface area contributed by atoms with Crippen molar-refractivity contribution in [3.8, 4) is 0 Å². The third-order valence-corrected chi connectivity index (χ3v) is 5.12. The average Bonchev–Trinajstić information content (AvgIpc) is 3.18. The third kappa shape index (κ3) is 3.57. The first-order chi connectivity index (χ1) is 11.1. The second kappa shape index (κ2) is 6.89. The summed E-state index contributed by atoms with van der Waals surface area (Å²) in [6, 6.07) is 10.7. The molecule has 1 amide bonds. The molecule has 1 aromatic heterocycles. The van der Waals surface area contributed by atoms with Crippen molar-refractivity contribution in [3.63, 3.8) is 0 Å². The molecule has 0 bridgehead atoms. The molecular formula is C16H18N3O3S+. The van der Waals surface area contributed by atoms with Crippen LogP contribution in [0.1, 0.15) is 23.8 Å². The molecule has 120 valence electrons. The first-order valence-corrected chi connectivity index (χ1v) is 8.44. The highest BCUT2D eigenvalue weighted by Crippen LogP contribution is 2.24. The monoisotopic (exact) mass is 332 g/mol. The van der Waals surface area contributed by atoms with Crippen LogP contribution in [0, 0.1) is 10.1 Å². The van der Waals surface area contributed by atoms with Crippen LogP contribution in [0.4, 0.5) is 11.4 Å². The summed E-state index contributed by atoms with van der Waals surface area (Å²) in [4.78, 5) is 25.4. The predicted octanol–water partition coefficient (Wildman–Crippen LogP) is 2.01. The summed E-state index contributed by atoms with van der Waals surface area (Å²) in [6.07, 6.45) is 2.17. The van der Waals surface area contributed by atoms with E-state index in [2.05, 4.69) is 16.8 Å². The number of amides is 1. The Hall–Kier alpha value is -2.25. The number of anilines is 1. The Bertz CT molecular complexity index is 702. The molecule has 2 N–H and O–H groups in total. The molecule has 1 aliphatic heterocycles. The second-order valence-corrected chi connectivity index (χ2v) is 6.60. The lowest BCUT2D eigenvalue weighted by atomic mass is 10.2. The van der Waals surface area contributed by atoms with Gasteiger partial charge in [-0.15, -0.1) is 11.3 Å². The lowest BCUT2D eigenvalue weighted by Crippen LogP contribution is -3.11. The number of hydrogen-bond acceptors (Lipinski definition) is 4. The number of nitrogens with zero attached hydrogens (tertiary/aromatic N) is 1. The lowest BCUT2D eigenvalue weighted by molar-refractivity contribution is -0.910. The highest BCUT2D eigenvalue weighted by atomic mass is 32.1. The Kier molecular flexibility index (Phi) is 4.68. The first-order valence-electron chi connectivity index (χ1n) is 7.56. The molecule has 0 spiro atoms. The van der Waals surface area contributed by atoms with E-state index in [-0.39, 0.29) is 17.3 Å². The number of para-hydroxylation sites is 2. The Morgan fingerprint density at radius 3 is 2.91 bits per heavy atom. The van der Waals surface area contributed by atoms with Gasteiger partial charge in [-0.1, -0.05) is 18.2 Å². The first kappa shape index (κ1) is 15.6. The van der Waals surface area contributed by atoms with E-state index < -0.39 is 4.92 Å². The van der Waals surface area contributed by atoms with E-state index in [1.54, 1.807) is 29.5 Å². The topological polar surface area (TPSA) is 76.7 Å². The predicted molar refractivity (Wildman–Crippen MR) is 88.7 cm³/mol. The largest absolute Gasteiger partial charge is 0.320 e. The second-order valence-electron chi connectivity index (χ2n) is 5.62. The molecule has 6 nitrogen and oxygen atoms in total. The molecule has 1 unspecified atom stereocenters. The number of carbonyl (C=O) groups is 1. The molecule has 1 fully saturated rings. The van der Waals surface area contributed by atoms with Crippen LogP contribution in [0.5, 0.6) is 0 Å². The third-order valence-electron chi connectivity index (χ3n) is 4.13. The molecule has 2 aromatic rings. The van der Waals surface area contributed by atoms with Crippen LogP contribution in [0.15, 0.2) is 41.8 Å². The van der Waals surface area contributed by atoms with Crippen molar-refractivity contribution in [1.29, 1.82) is 0 Å². The number of quaternary nitrogens is 1. The fourth-order valence-electron chi connectivity index (χ4n) is 3.10. The minimum absolute atomic E-state index is 0.0768. The van der Waals surface area contributed by atoms with Gasteiger partial charge < -0.3 is 10.2 Å². The number of nitro benzene ring substituents is 1. The van der Waals surface area contributed by atoms with E-state index in [9.17, 15) is 14.9 Å². The van der Waals surface area contributed by atoms with Gasteiger partial charge in [0.25, 0.3) is 11.6 Å². The van der Waals surface area contributed by atoms with Crippen molar-refractivity contribution < 1.29 is 14.6 Å². The van der Waals surface area contributed by atoms with Crippen molar-refractivity contribution in [3.05, 3.63) is 56.8 Å². The van der Waals surface area contributed by atoms with Crippen molar-refractivity contribution in [2.75, 3.05) is 18.4 Å². The van der Waals surface area contributed by atoms with E-state index in [0.29, 0.717) is 12.6 Å². The van der Waals surface area contributed by atoms with Crippen LogP contribution in [0.2, 0.25) is 0 Å². The van der Waals surface area contributed by atoms with E-state index in [4.69, 9.17) is 0 Å². The summed E-state index contributed by atoms with van der Waals surface area (Å²) in [7, 11) is 0. The van der Waals surface area contributed by atoms with Crippen molar-refractivity contribution in [2.24, 2.45) is 0 Å². The van der Waals surface area contributed by atoms with Crippen LogP contribution in [-0.2, 0) is 4.79 Å². The molecule has 1 saturated heterocycles. The van der Waals surface area contributed by atoms with Crippen molar-refractivity contribution in [1.82, 2.24) is 0 Å². The zero-order valence-electron chi connectivity index (χ0n) is 12.5. The molecule has 3 rings (SSSR count). The number of hydrogen-bond donors (Lipinski definition) is 2. The molecule has 0 saturated carbocycles. The number of rotatable bonds is 5. The molecular weight excluding hydrogens is 314 g/mol. The van der Waals surface area contributed by atoms with E-state index in [1.807, 2.05) is 6.07 Å². The maximum Gasteiger partial charge on any atom is 0.292 e. The molecule has 0 radical (unpaired) electrons. The molecule has 1 aliphatic rings. The highest BCUT2D eigenvalue weighted by Gasteiger charge is 2.32. The van der Waals surface area contributed by atoms with Gasteiger partial charge in [0.2, 0.25) is 0 Å². The smallest absolute Gasteiger partial charge is 0.292 e. The van der Waals surface area contributed by atoms with Gasteiger partial charge >= 0.3 is 0 Å². The Morgan fingerprint density at radius 2 is 2.17 bits per heavy atom. The zero-order valence-corrected chi connectivity index (χ0v) is 13.3. The summed E-state index contributed by atoms with van der Waals surface area (Å²) in [5.41, 5.74) is 0.181. The maximum absolute atomic E-state index is 12.3. The Balaban J connectivity index is 1.67. The molecule has 0 aliphatic carbocycles. The van der Waals surface area contributed by atoms with Gasteiger partial charge in [0.1, 0.15) is 11.7 Å². The molecule has 23 heavy (non-hydrogen) atoms. The number of thiophene rings is 1. The Morgan fingerprint density at radius 1 is 1.35 bits per heavy atom. The zero-order chi connectivity index (χ0) is 16.2. The normalized spacial score (nSPS) is 20.3. The maximum atomic E-state index is 12.3. The summed E-state index contributed by atoms with van der Waals surface area (Å²) in [5, 5.41) is 15.7. The summed E-state index contributed by atoms with van der Waals surface area (Å²) in [6.45, 7) is 1.28. The van der Waals surface area contributed by atoms with Gasteiger partial charge in [0.15, 0.2) is 6.54 Å². The quantitative estimate of drug-likeness (QED) is 0.649. The standard InChI is InChI=1S/C16H17N3O3S/c20-16(17-12-5-1-2-6-13(12)19(21)22)11-18-9-3-7-14(18)15-8-4-10-23-15/h1-2,4-6,8,10,14H,3,7,9,11H2,(H,17,20)/p+1/t14-/m1/s1. The Labute approximate surface area is 137 Å². The van der Waals surface area contributed by atoms with Gasteiger partial charge in [0, 0.05) is 18.9 Å². The van der Waals surface area contributed by atoms with Gasteiger partial charge in [-0.25, -0.2) is 0 Å². The number of nitrogens with one attached hydrogen (secondary N) is 2. The summed E-state index contributed by atoms with van der Waals surface area (Å²) in [5.74, 6) is -0.183. The minimum Gasteiger partial charge on any atom is -0.320 e. The fraction of sp³-hybridized carbons (Fsp3) is 0.312. The van der Waals surface area contributed by atoms with Crippen LogP contribution < -0.4 is 10.2 Å². The fourth-order valence-corrected chi connectivity index (χ4v) is 4.02. The number of benzene rings is 1. The van der Waals surface area contributed by atoms with Gasteiger partial charge in [-0.05, 0) is 17.5 Å². The van der Waals surface area contributed by atoms with Crippen LogP contribution in [0.25, 0.3) is 0 Å². The molecule has 2 heterocycles. The highest BCUT2D eigenvalue weighted by molar-refractivity contribution is 7.10. The average molecular weight is 332 g/mol. The summed E-state index contributed by atoms with van der Waals surface area (Å²) < 4.78 is 0. The van der Waals surface area contributed by atoms with Crippen LogP contribution in [-0.4, -0.2) is 23.9 Å².